The van der Waals surface area contributed by atoms with Gasteiger partial charge in [0.05, 0.1) is 12.8 Å². The third-order valence-electron chi connectivity index (χ3n) is 2.43. The van der Waals surface area contributed by atoms with Crippen LogP contribution in [0, 0.1) is 0 Å². The Morgan fingerprint density at radius 1 is 1.47 bits per heavy atom. The van der Waals surface area contributed by atoms with Crippen molar-refractivity contribution in [1.29, 1.82) is 0 Å². The van der Waals surface area contributed by atoms with Gasteiger partial charge in [-0.2, -0.15) is 0 Å². The second kappa shape index (κ2) is 5.21. The molecule has 0 aliphatic carbocycles. The van der Waals surface area contributed by atoms with E-state index in [1.165, 1.54) is 0 Å². The predicted molar refractivity (Wildman–Crippen MR) is 66.4 cm³/mol. The normalized spacial score (nSPS) is 10.5. The molecule has 2 rings (SSSR count). The average Bonchev–Trinajstić information content (AvgIpc) is 2.72. The molecule has 2 N–H and O–H groups in total. The summed E-state index contributed by atoms with van der Waals surface area (Å²) in [5.74, 6) is 1.44. The van der Waals surface area contributed by atoms with E-state index < -0.39 is 0 Å². The molecule has 0 fully saturated rings. The van der Waals surface area contributed by atoms with E-state index in [9.17, 15) is 0 Å². The molecule has 1 aromatic heterocycles. The number of aromatic nitrogens is 2. The number of hydrogen-bond donors (Lipinski definition) is 2. The van der Waals surface area contributed by atoms with Gasteiger partial charge in [0.15, 0.2) is 5.15 Å². The molecule has 0 saturated heterocycles. The maximum Gasteiger partial charge on any atom is 0.150 e. The first-order chi connectivity index (χ1) is 8.24. The molecule has 0 aliphatic rings. The van der Waals surface area contributed by atoms with E-state index in [0.717, 1.165) is 17.0 Å². The fraction of sp³-hybridized carbons (Fsp3) is 0.250. The van der Waals surface area contributed by atoms with Crippen LogP contribution in [0.2, 0.25) is 5.15 Å². The lowest BCUT2D eigenvalue weighted by molar-refractivity contribution is 0.298. The molecule has 0 atom stereocenters. The first-order valence-corrected chi connectivity index (χ1v) is 5.62. The van der Waals surface area contributed by atoms with Crippen molar-refractivity contribution in [2.45, 2.75) is 6.42 Å². The summed E-state index contributed by atoms with van der Waals surface area (Å²) >= 11 is 5.96. The van der Waals surface area contributed by atoms with Gasteiger partial charge in [-0.25, -0.2) is 4.98 Å². The molecular weight excluding hydrogens is 240 g/mol. The number of aliphatic hydroxyl groups is 1. The molecule has 0 spiro atoms. The van der Waals surface area contributed by atoms with Crippen LogP contribution in [0.3, 0.4) is 0 Å². The number of methoxy groups -OCH3 is 1. The summed E-state index contributed by atoms with van der Waals surface area (Å²) in [4.78, 5) is 7.31. The lowest BCUT2D eigenvalue weighted by Crippen LogP contribution is -1.91. The number of nitrogens with one attached hydrogen (secondary N) is 1. The summed E-state index contributed by atoms with van der Waals surface area (Å²) in [5, 5.41) is 9.28. The lowest BCUT2D eigenvalue weighted by atomic mass is 10.2. The van der Waals surface area contributed by atoms with Gasteiger partial charge in [-0.1, -0.05) is 23.7 Å². The number of aliphatic hydroxyl groups excluding tert-OH is 1. The minimum absolute atomic E-state index is 0.0411. The predicted octanol–water partition coefficient (Wildman–Crippen LogP) is 2.27. The largest absolute Gasteiger partial charge is 0.497 e. The van der Waals surface area contributed by atoms with Crippen LogP contribution in [0.15, 0.2) is 24.3 Å². The monoisotopic (exact) mass is 252 g/mol. The Labute approximate surface area is 104 Å². The fourth-order valence-corrected chi connectivity index (χ4v) is 1.80. The van der Waals surface area contributed by atoms with Crippen LogP contribution in [0.4, 0.5) is 0 Å². The highest BCUT2D eigenvalue weighted by atomic mass is 35.5. The van der Waals surface area contributed by atoms with Crippen LogP contribution in [-0.2, 0) is 6.42 Å². The first kappa shape index (κ1) is 12.0. The Kier molecular flexibility index (Phi) is 3.66. The van der Waals surface area contributed by atoms with Crippen molar-refractivity contribution in [3.8, 4) is 17.1 Å². The van der Waals surface area contributed by atoms with E-state index in [0.29, 0.717) is 17.4 Å². The van der Waals surface area contributed by atoms with E-state index in [1.807, 2.05) is 24.3 Å². The molecule has 2 aromatic rings. The van der Waals surface area contributed by atoms with Crippen molar-refractivity contribution in [2.75, 3.05) is 13.7 Å². The lowest BCUT2D eigenvalue weighted by Gasteiger charge is -2.01. The first-order valence-electron chi connectivity index (χ1n) is 5.24. The molecule has 4 nitrogen and oxygen atoms in total. The molecule has 1 aromatic carbocycles. The molecule has 1 heterocycles. The standard InChI is InChI=1S/C12H13ClN2O2/c1-17-9-4-2-3-8(7-9)12-14-10(5-6-16)11(13)15-12/h2-4,7,16H,5-6H2,1H3,(H,14,15). The zero-order valence-corrected chi connectivity index (χ0v) is 10.2. The summed E-state index contributed by atoms with van der Waals surface area (Å²) in [5.41, 5.74) is 1.64. The summed E-state index contributed by atoms with van der Waals surface area (Å²) in [6.07, 6.45) is 0.468. The minimum Gasteiger partial charge on any atom is -0.497 e. The van der Waals surface area contributed by atoms with Crippen LogP contribution in [-0.4, -0.2) is 28.8 Å². The highest BCUT2D eigenvalue weighted by Gasteiger charge is 2.09. The number of benzene rings is 1. The Hall–Kier alpha value is -1.52. The molecule has 0 bridgehead atoms. The van der Waals surface area contributed by atoms with Gasteiger partial charge >= 0.3 is 0 Å². The number of aromatic amines is 1. The Bertz CT molecular complexity index is 511. The molecule has 0 unspecified atom stereocenters. The van der Waals surface area contributed by atoms with Crippen LogP contribution < -0.4 is 4.74 Å². The van der Waals surface area contributed by atoms with Gasteiger partial charge in [0.25, 0.3) is 0 Å². The Balaban J connectivity index is 2.35. The quantitative estimate of drug-likeness (QED) is 0.878. The third kappa shape index (κ3) is 2.60. The van der Waals surface area contributed by atoms with Crippen LogP contribution in [0.5, 0.6) is 5.75 Å². The van der Waals surface area contributed by atoms with Gasteiger partial charge in [-0.05, 0) is 12.1 Å². The SMILES string of the molecule is COc1cccc(-c2nc(Cl)c(CCO)[nH]2)c1. The van der Waals surface area contributed by atoms with E-state index in [1.54, 1.807) is 7.11 Å². The number of imidazole rings is 1. The summed E-state index contributed by atoms with van der Waals surface area (Å²) in [7, 11) is 1.62. The van der Waals surface area contributed by atoms with E-state index in [4.69, 9.17) is 21.4 Å². The van der Waals surface area contributed by atoms with Gasteiger partial charge in [0, 0.05) is 18.6 Å². The van der Waals surface area contributed by atoms with E-state index in [2.05, 4.69) is 9.97 Å². The van der Waals surface area contributed by atoms with Crippen LogP contribution in [0.25, 0.3) is 11.4 Å². The van der Waals surface area contributed by atoms with Crippen molar-refractivity contribution in [3.05, 3.63) is 35.1 Å². The van der Waals surface area contributed by atoms with Crippen molar-refractivity contribution in [2.24, 2.45) is 0 Å². The topological polar surface area (TPSA) is 58.1 Å². The maximum absolute atomic E-state index is 8.88. The molecule has 0 aliphatic heterocycles. The number of nitrogens with zero attached hydrogens (tertiary/aromatic N) is 1. The van der Waals surface area contributed by atoms with Crippen LogP contribution in [0.1, 0.15) is 5.69 Å². The van der Waals surface area contributed by atoms with Gasteiger partial charge < -0.3 is 14.8 Å². The highest BCUT2D eigenvalue weighted by molar-refractivity contribution is 6.30. The van der Waals surface area contributed by atoms with Crippen LogP contribution >= 0.6 is 11.6 Å². The zero-order valence-electron chi connectivity index (χ0n) is 9.40. The average molecular weight is 253 g/mol. The van der Waals surface area contributed by atoms with Gasteiger partial charge in [-0.3, -0.25) is 0 Å². The smallest absolute Gasteiger partial charge is 0.150 e. The zero-order chi connectivity index (χ0) is 12.3. The summed E-state index contributed by atoms with van der Waals surface area (Å²) in [6.45, 7) is 0.0411. The van der Waals surface area contributed by atoms with Gasteiger partial charge in [0.1, 0.15) is 11.6 Å². The van der Waals surface area contributed by atoms with Crippen molar-refractivity contribution < 1.29 is 9.84 Å². The van der Waals surface area contributed by atoms with Crippen molar-refractivity contribution in [1.82, 2.24) is 9.97 Å². The minimum atomic E-state index is 0.0411. The number of hydrogen-bond acceptors (Lipinski definition) is 3. The number of rotatable bonds is 4. The maximum atomic E-state index is 8.88. The highest BCUT2D eigenvalue weighted by Crippen LogP contribution is 2.24. The van der Waals surface area contributed by atoms with E-state index in [-0.39, 0.29) is 6.61 Å². The molecule has 17 heavy (non-hydrogen) atoms. The van der Waals surface area contributed by atoms with Gasteiger partial charge in [-0.15, -0.1) is 0 Å². The van der Waals surface area contributed by atoms with E-state index >= 15 is 0 Å². The Morgan fingerprint density at radius 2 is 2.29 bits per heavy atom. The van der Waals surface area contributed by atoms with Gasteiger partial charge in [0.2, 0.25) is 0 Å². The number of H-pyrrole nitrogens is 1. The molecule has 5 heteroatoms. The molecular formula is C12H13ClN2O2. The summed E-state index contributed by atoms with van der Waals surface area (Å²) < 4.78 is 5.15. The molecule has 90 valence electrons. The second-order valence-electron chi connectivity index (χ2n) is 3.56. The molecule has 0 radical (unpaired) electrons. The van der Waals surface area contributed by atoms with Crippen molar-refractivity contribution >= 4 is 11.6 Å². The third-order valence-corrected chi connectivity index (χ3v) is 2.75. The second-order valence-corrected chi connectivity index (χ2v) is 3.92. The fourth-order valence-electron chi connectivity index (χ4n) is 1.57. The summed E-state index contributed by atoms with van der Waals surface area (Å²) in [6, 6.07) is 7.54. The molecule has 0 amide bonds. The van der Waals surface area contributed by atoms with Crippen molar-refractivity contribution in [3.63, 3.8) is 0 Å². The number of halogens is 1. The number of ether oxygens (including phenoxy) is 1. The Morgan fingerprint density at radius 3 is 3.00 bits per heavy atom. The molecule has 0 saturated carbocycles.